The molecule has 0 saturated carbocycles. The van der Waals surface area contributed by atoms with Gasteiger partial charge < -0.3 is 25.2 Å². The lowest BCUT2D eigenvalue weighted by Gasteiger charge is -2.28. The number of amides is 2. The van der Waals surface area contributed by atoms with Crippen LogP contribution in [-0.2, 0) is 17.7 Å². The molecule has 2 aromatic carbocycles. The Balaban J connectivity index is 2.05. The Morgan fingerprint density at radius 3 is 2.25 bits per heavy atom. The fourth-order valence-electron chi connectivity index (χ4n) is 3.15. The molecule has 2 amide bonds. The maximum absolute atomic E-state index is 12.3. The second kappa shape index (κ2) is 11.9. The van der Waals surface area contributed by atoms with Crippen LogP contribution in [0.15, 0.2) is 59.1 Å². The molecule has 0 saturated heterocycles. The topological polar surface area (TPSA) is 99.1 Å². The van der Waals surface area contributed by atoms with Crippen LogP contribution in [0, 0.1) is 0 Å². The zero-order chi connectivity index (χ0) is 23.7. The van der Waals surface area contributed by atoms with E-state index in [2.05, 4.69) is 21.2 Å². The van der Waals surface area contributed by atoms with Gasteiger partial charge in [-0.3, -0.25) is 0 Å². The van der Waals surface area contributed by atoms with Gasteiger partial charge >= 0.3 is 12.2 Å². The first-order valence-corrected chi connectivity index (χ1v) is 11.3. The highest BCUT2D eigenvalue weighted by molar-refractivity contribution is 9.10. The predicted molar refractivity (Wildman–Crippen MR) is 127 cm³/mol. The molecule has 0 spiro atoms. The molecule has 0 aliphatic carbocycles. The number of halogens is 1. The number of rotatable bonds is 9. The molecule has 2 aromatic rings. The number of hydrogen-bond acceptors (Lipinski definition) is 4. The summed E-state index contributed by atoms with van der Waals surface area (Å²) < 4.78 is 6.25. The van der Waals surface area contributed by atoms with E-state index in [-0.39, 0.29) is 19.5 Å². The molecular weight excluding hydrogens is 476 g/mol. The zero-order valence-corrected chi connectivity index (χ0v) is 20.2. The largest absolute Gasteiger partial charge is 0.465 e. The molecule has 0 bridgehead atoms. The summed E-state index contributed by atoms with van der Waals surface area (Å²) in [6, 6.07) is 16.3. The van der Waals surface area contributed by atoms with Crippen molar-refractivity contribution in [1.29, 1.82) is 0 Å². The predicted octanol–water partition coefficient (Wildman–Crippen LogP) is 4.82. The average molecular weight is 507 g/mol. The average Bonchev–Trinajstić information content (AvgIpc) is 2.71. The monoisotopic (exact) mass is 506 g/mol. The van der Waals surface area contributed by atoms with Crippen LogP contribution in [0.2, 0.25) is 0 Å². The van der Waals surface area contributed by atoms with Gasteiger partial charge in [0.1, 0.15) is 5.60 Å². The van der Waals surface area contributed by atoms with Gasteiger partial charge in [-0.05, 0) is 56.9 Å². The number of aliphatic hydroxyl groups is 1. The number of carboxylic acid groups (broad SMARTS) is 1. The second-order valence-electron chi connectivity index (χ2n) is 8.63. The first-order valence-electron chi connectivity index (χ1n) is 10.5. The molecule has 32 heavy (non-hydrogen) atoms. The van der Waals surface area contributed by atoms with E-state index in [1.54, 1.807) is 20.8 Å². The Morgan fingerprint density at radius 1 is 1.06 bits per heavy atom. The molecule has 0 radical (unpaired) electrons. The van der Waals surface area contributed by atoms with Crippen LogP contribution in [-0.4, -0.2) is 51.6 Å². The smallest absolute Gasteiger partial charge is 0.407 e. The van der Waals surface area contributed by atoms with Crippen LogP contribution >= 0.6 is 15.9 Å². The van der Waals surface area contributed by atoms with Crippen LogP contribution < -0.4 is 5.32 Å². The molecule has 7 nitrogen and oxygen atoms in total. The fraction of sp³-hybridized carbons (Fsp3) is 0.417. The van der Waals surface area contributed by atoms with Crippen molar-refractivity contribution in [1.82, 2.24) is 10.2 Å². The van der Waals surface area contributed by atoms with E-state index < -0.39 is 29.9 Å². The summed E-state index contributed by atoms with van der Waals surface area (Å²) in [7, 11) is 0. The third kappa shape index (κ3) is 9.28. The van der Waals surface area contributed by atoms with E-state index in [0.717, 1.165) is 15.6 Å². The first kappa shape index (κ1) is 25.7. The molecule has 0 unspecified atom stereocenters. The van der Waals surface area contributed by atoms with Crippen LogP contribution in [0.3, 0.4) is 0 Å². The summed E-state index contributed by atoms with van der Waals surface area (Å²) >= 11 is 3.36. The highest BCUT2D eigenvalue weighted by Gasteiger charge is 2.26. The molecule has 0 fully saturated rings. The minimum absolute atomic E-state index is 0.119. The lowest BCUT2D eigenvalue weighted by atomic mass is 9.99. The van der Waals surface area contributed by atoms with Crippen LogP contribution in [0.25, 0.3) is 0 Å². The van der Waals surface area contributed by atoms with Gasteiger partial charge in [0.2, 0.25) is 0 Å². The Hall–Kier alpha value is -2.58. The van der Waals surface area contributed by atoms with Gasteiger partial charge in [-0.25, -0.2) is 9.59 Å². The van der Waals surface area contributed by atoms with Crippen molar-refractivity contribution in [2.24, 2.45) is 0 Å². The number of hydrogen-bond donors (Lipinski definition) is 3. The highest BCUT2D eigenvalue weighted by atomic mass is 79.9. The number of benzene rings is 2. The number of alkyl carbamates (subject to hydrolysis) is 1. The second-order valence-corrected chi connectivity index (χ2v) is 9.54. The van der Waals surface area contributed by atoms with Crippen LogP contribution in [0.5, 0.6) is 0 Å². The first-order chi connectivity index (χ1) is 15.0. The molecule has 3 N–H and O–H groups in total. The van der Waals surface area contributed by atoms with E-state index in [1.165, 1.54) is 4.90 Å². The summed E-state index contributed by atoms with van der Waals surface area (Å²) in [5.74, 6) is 0. The molecular formula is C24H31BrN2O5. The summed E-state index contributed by atoms with van der Waals surface area (Å²) in [5.41, 5.74) is 1.12. The molecule has 0 heterocycles. The Bertz CT molecular complexity index is 868. The Kier molecular flexibility index (Phi) is 9.53. The van der Waals surface area contributed by atoms with Gasteiger partial charge in [-0.1, -0.05) is 58.4 Å². The Labute approximate surface area is 197 Å². The molecule has 0 aliphatic heterocycles. The van der Waals surface area contributed by atoms with Crippen molar-refractivity contribution < 1.29 is 24.5 Å². The molecule has 0 aliphatic rings. The lowest BCUT2D eigenvalue weighted by Crippen LogP contribution is -2.47. The number of ether oxygens (including phenoxy) is 1. The number of nitrogens with zero attached hydrogens (tertiary/aromatic N) is 1. The summed E-state index contributed by atoms with van der Waals surface area (Å²) in [6.07, 6.45) is -2.10. The number of aliphatic hydroxyl groups excluding tert-OH is 1. The lowest BCUT2D eigenvalue weighted by molar-refractivity contribution is 0.0397. The normalized spacial score (nSPS) is 13.2. The van der Waals surface area contributed by atoms with E-state index in [4.69, 9.17) is 4.74 Å². The summed E-state index contributed by atoms with van der Waals surface area (Å²) in [5, 5.41) is 23.2. The third-order valence-corrected chi connectivity index (χ3v) is 5.25. The van der Waals surface area contributed by atoms with E-state index in [1.807, 2.05) is 54.6 Å². The highest BCUT2D eigenvalue weighted by Crippen LogP contribution is 2.15. The molecule has 8 heteroatoms. The number of carbonyl (C=O) groups excluding carboxylic acids is 1. The van der Waals surface area contributed by atoms with Crippen molar-refractivity contribution in [3.63, 3.8) is 0 Å². The van der Waals surface area contributed by atoms with Crippen LogP contribution in [0.4, 0.5) is 9.59 Å². The SMILES string of the molecule is CC(C)(C)OC(=O)N[C@@H](Cc1ccccc1)[C@@H](O)CCN(Cc1ccc(Br)cc1)C(=O)O. The standard InChI is InChI=1S/C24H31BrN2O5/c1-24(2,3)32-22(29)26-20(15-17-7-5-4-6-8-17)21(28)13-14-27(23(30)31)16-18-9-11-19(25)12-10-18/h4-12,20-21,28H,13-16H2,1-3H3,(H,26,29)(H,30,31)/t20-,21-/m0/s1. The zero-order valence-electron chi connectivity index (χ0n) is 18.6. The maximum Gasteiger partial charge on any atom is 0.407 e. The fourth-order valence-corrected chi connectivity index (χ4v) is 3.42. The van der Waals surface area contributed by atoms with Crippen molar-refractivity contribution in [3.8, 4) is 0 Å². The van der Waals surface area contributed by atoms with Crippen LogP contribution in [0.1, 0.15) is 38.3 Å². The van der Waals surface area contributed by atoms with E-state index >= 15 is 0 Å². The van der Waals surface area contributed by atoms with Gasteiger partial charge in [0, 0.05) is 17.6 Å². The molecule has 2 atom stereocenters. The quantitative estimate of drug-likeness (QED) is 0.452. The van der Waals surface area contributed by atoms with Gasteiger partial charge in [0.25, 0.3) is 0 Å². The minimum atomic E-state index is -1.07. The third-order valence-electron chi connectivity index (χ3n) is 4.72. The number of nitrogens with one attached hydrogen (secondary N) is 1. The summed E-state index contributed by atoms with van der Waals surface area (Å²) in [4.78, 5) is 25.3. The summed E-state index contributed by atoms with van der Waals surface area (Å²) in [6.45, 7) is 5.62. The Morgan fingerprint density at radius 2 is 1.69 bits per heavy atom. The van der Waals surface area contributed by atoms with Gasteiger partial charge in [0.05, 0.1) is 12.1 Å². The van der Waals surface area contributed by atoms with Crippen molar-refractivity contribution in [3.05, 3.63) is 70.2 Å². The van der Waals surface area contributed by atoms with Crippen molar-refractivity contribution in [2.75, 3.05) is 6.54 Å². The number of carbonyl (C=O) groups is 2. The molecule has 2 rings (SSSR count). The van der Waals surface area contributed by atoms with Crippen molar-refractivity contribution >= 4 is 28.1 Å². The minimum Gasteiger partial charge on any atom is -0.465 e. The van der Waals surface area contributed by atoms with E-state index in [9.17, 15) is 19.8 Å². The van der Waals surface area contributed by atoms with Crippen molar-refractivity contribution in [2.45, 2.75) is 57.9 Å². The maximum atomic E-state index is 12.3. The molecule has 174 valence electrons. The van der Waals surface area contributed by atoms with Gasteiger partial charge in [-0.2, -0.15) is 0 Å². The van der Waals surface area contributed by atoms with Gasteiger partial charge in [-0.15, -0.1) is 0 Å². The van der Waals surface area contributed by atoms with Gasteiger partial charge in [0.15, 0.2) is 0 Å². The van der Waals surface area contributed by atoms with E-state index in [0.29, 0.717) is 6.42 Å². The molecule has 0 aromatic heterocycles.